The van der Waals surface area contributed by atoms with E-state index in [0.29, 0.717) is 12.1 Å². The van der Waals surface area contributed by atoms with Crippen LogP contribution in [0.25, 0.3) is 0 Å². The van der Waals surface area contributed by atoms with Crippen LogP contribution in [0.3, 0.4) is 0 Å². The Labute approximate surface area is 105 Å². The Balaban J connectivity index is 2.10. The van der Waals surface area contributed by atoms with E-state index >= 15 is 0 Å². The van der Waals surface area contributed by atoms with E-state index in [1.54, 1.807) is 13.0 Å². The third-order valence-electron chi connectivity index (χ3n) is 3.37. The lowest BCUT2D eigenvalue weighted by Crippen LogP contribution is -2.26. The number of alkyl halides is 3. The van der Waals surface area contributed by atoms with Crippen LogP contribution >= 0.6 is 0 Å². The minimum atomic E-state index is -4.26. The average molecular weight is 258 g/mol. The lowest BCUT2D eigenvalue weighted by molar-refractivity contribution is -0.137. The topological polar surface area (TPSA) is 29.3 Å². The predicted octanol–water partition coefficient (Wildman–Crippen LogP) is 2.55. The summed E-state index contributed by atoms with van der Waals surface area (Å²) in [6.07, 6.45) is -3.31. The van der Waals surface area contributed by atoms with Crippen molar-refractivity contribution in [1.82, 2.24) is 4.90 Å². The zero-order valence-corrected chi connectivity index (χ0v) is 10.3. The summed E-state index contributed by atoms with van der Waals surface area (Å²) in [7, 11) is 0. The molecule has 0 amide bonds. The van der Waals surface area contributed by atoms with Gasteiger partial charge in [-0.3, -0.25) is 4.90 Å². The summed E-state index contributed by atoms with van der Waals surface area (Å²) in [5.41, 5.74) is 6.85. The first-order valence-electron chi connectivity index (χ1n) is 6.01. The minimum Gasteiger partial charge on any atom is -0.326 e. The maximum absolute atomic E-state index is 12.5. The second-order valence-electron chi connectivity index (χ2n) is 4.92. The molecule has 0 radical (unpaired) electrons. The van der Waals surface area contributed by atoms with Crippen molar-refractivity contribution in [2.24, 2.45) is 5.73 Å². The van der Waals surface area contributed by atoms with Gasteiger partial charge in [0.25, 0.3) is 0 Å². The molecule has 0 bridgehead atoms. The van der Waals surface area contributed by atoms with E-state index in [4.69, 9.17) is 5.73 Å². The second kappa shape index (κ2) is 4.90. The largest absolute Gasteiger partial charge is 0.416 e. The number of nitrogens with zero attached hydrogens (tertiary/aromatic N) is 1. The highest BCUT2D eigenvalue weighted by Crippen LogP contribution is 2.30. The fourth-order valence-electron chi connectivity index (χ4n) is 2.30. The van der Waals surface area contributed by atoms with Gasteiger partial charge in [-0.2, -0.15) is 13.2 Å². The molecule has 5 heteroatoms. The number of rotatable bonds is 2. The molecule has 1 aromatic carbocycles. The Hall–Kier alpha value is -1.07. The summed E-state index contributed by atoms with van der Waals surface area (Å²) in [5, 5.41) is 0. The van der Waals surface area contributed by atoms with E-state index in [9.17, 15) is 13.2 Å². The monoisotopic (exact) mass is 258 g/mol. The van der Waals surface area contributed by atoms with Gasteiger partial charge in [-0.1, -0.05) is 6.07 Å². The molecule has 1 aliphatic rings. The highest BCUT2D eigenvalue weighted by Gasteiger charge is 2.30. The maximum atomic E-state index is 12.5. The van der Waals surface area contributed by atoms with Crippen molar-refractivity contribution in [1.29, 1.82) is 0 Å². The van der Waals surface area contributed by atoms with Crippen molar-refractivity contribution in [2.45, 2.75) is 32.1 Å². The summed E-state index contributed by atoms with van der Waals surface area (Å²) in [6, 6.07) is 4.13. The van der Waals surface area contributed by atoms with E-state index in [1.807, 2.05) is 0 Å². The third-order valence-corrected chi connectivity index (χ3v) is 3.37. The molecule has 0 saturated carbocycles. The molecule has 1 fully saturated rings. The molecule has 1 heterocycles. The van der Waals surface area contributed by atoms with Crippen LogP contribution in [0.4, 0.5) is 13.2 Å². The summed E-state index contributed by atoms with van der Waals surface area (Å²) >= 11 is 0. The molecule has 2 N–H and O–H groups in total. The summed E-state index contributed by atoms with van der Waals surface area (Å²) in [6.45, 7) is 4.14. The van der Waals surface area contributed by atoms with Crippen molar-refractivity contribution in [3.05, 3.63) is 34.9 Å². The molecule has 2 nitrogen and oxygen atoms in total. The smallest absolute Gasteiger partial charge is 0.326 e. The number of aryl methyl sites for hydroxylation is 1. The molecule has 0 aromatic heterocycles. The number of hydrogen-bond donors (Lipinski definition) is 1. The maximum Gasteiger partial charge on any atom is 0.416 e. The van der Waals surface area contributed by atoms with Crippen molar-refractivity contribution >= 4 is 0 Å². The number of hydrogen-bond acceptors (Lipinski definition) is 2. The minimum absolute atomic E-state index is 0.194. The Bertz CT molecular complexity index is 429. The first kappa shape index (κ1) is 13.4. The molecule has 1 saturated heterocycles. The Morgan fingerprint density at radius 1 is 1.39 bits per heavy atom. The molecule has 1 aromatic rings. The molecule has 1 aliphatic heterocycles. The number of benzene rings is 1. The summed E-state index contributed by atoms with van der Waals surface area (Å²) in [5.74, 6) is 0. The van der Waals surface area contributed by atoms with Crippen LogP contribution in [0.2, 0.25) is 0 Å². The molecule has 0 spiro atoms. The van der Waals surface area contributed by atoms with Gasteiger partial charge in [0.2, 0.25) is 0 Å². The fraction of sp³-hybridized carbons (Fsp3) is 0.538. The molecule has 2 rings (SSSR count). The number of halogens is 3. The van der Waals surface area contributed by atoms with Crippen molar-refractivity contribution in [3.8, 4) is 0 Å². The fourth-order valence-corrected chi connectivity index (χ4v) is 2.30. The van der Waals surface area contributed by atoms with Crippen LogP contribution in [0.1, 0.15) is 23.1 Å². The van der Waals surface area contributed by atoms with Gasteiger partial charge in [0.1, 0.15) is 0 Å². The molecule has 18 heavy (non-hydrogen) atoms. The summed E-state index contributed by atoms with van der Waals surface area (Å²) in [4.78, 5) is 2.18. The van der Waals surface area contributed by atoms with Gasteiger partial charge in [-0.15, -0.1) is 0 Å². The van der Waals surface area contributed by atoms with E-state index in [-0.39, 0.29) is 6.04 Å². The van der Waals surface area contributed by atoms with Crippen molar-refractivity contribution in [3.63, 3.8) is 0 Å². The normalized spacial score (nSPS) is 21.5. The quantitative estimate of drug-likeness (QED) is 0.883. The van der Waals surface area contributed by atoms with Gasteiger partial charge < -0.3 is 5.73 Å². The van der Waals surface area contributed by atoms with Gasteiger partial charge in [0, 0.05) is 25.7 Å². The van der Waals surface area contributed by atoms with Crippen LogP contribution < -0.4 is 5.73 Å². The van der Waals surface area contributed by atoms with Gasteiger partial charge in [-0.25, -0.2) is 0 Å². The summed E-state index contributed by atoms with van der Waals surface area (Å²) < 4.78 is 37.6. The molecule has 1 atom stereocenters. The average Bonchev–Trinajstić information content (AvgIpc) is 2.65. The van der Waals surface area contributed by atoms with Crippen LogP contribution in [0, 0.1) is 6.92 Å². The number of nitrogens with two attached hydrogens (primary N) is 1. The first-order valence-corrected chi connectivity index (χ1v) is 6.01. The standard InChI is InChI=1S/C13H17F3N2/c1-9-6-11(13(14,15)16)3-2-10(9)7-18-5-4-12(17)8-18/h2-3,6,12H,4-5,7-8,17H2,1H3/t12-/m1/s1. The highest BCUT2D eigenvalue weighted by molar-refractivity contribution is 5.32. The van der Waals surface area contributed by atoms with E-state index in [1.165, 1.54) is 6.07 Å². The van der Waals surface area contributed by atoms with Crippen LogP contribution in [-0.2, 0) is 12.7 Å². The van der Waals surface area contributed by atoms with Crippen molar-refractivity contribution < 1.29 is 13.2 Å². The Morgan fingerprint density at radius 3 is 2.61 bits per heavy atom. The van der Waals surface area contributed by atoms with Crippen LogP contribution in [-0.4, -0.2) is 24.0 Å². The number of likely N-dealkylation sites (tertiary alicyclic amines) is 1. The first-order chi connectivity index (χ1) is 8.36. The highest BCUT2D eigenvalue weighted by atomic mass is 19.4. The van der Waals surface area contributed by atoms with Crippen LogP contribution in [0.5, 0.6) is 0 Å². The molecule has 0 unspecified atom stereocenters. The Kier molecular flexibility index (Phi) is 3.64. The zero-order valence-electron chi connectivity index (χ0n) is 10.3. The SMILES string of the molecule is Cc1cc(C(F)(F)F)ccc1CN1CC[C@@H](N)C1. The van der Waals surface area contributed by atoms with Gasteiger partial charge >= 0.3 is 6.18 Å². The van der Waals surface area contributed by atoms with Crippen LogP contribution in [0.15, 0.2) is 18.2 Å². The van der Waals surface area contributed by atoms with Gasteiger partial charge in [0.15, 0.2) is 0 Å². The lowest BCUT2D eigenvalue weighted by atomic mass is 10.0. The van der Waals surface area contributed by atoms with E-state index in [0.717, 1.165) is 31.1 Å². The molecule has 0 aliphatic carbocycles. The Morgan fingerprint density at radius 2 is 2.11 bits per heavy atom. The van der Waals surface area contributed by atoms with Gasteiger partial charge in [0.05, 0.1) is 5.56 Å². The third kappa shape index (κ3) is 3.03. The molecular weight excluding hydrogens is 241 g/mol. The van der Waals surface area contributed by atoms with E-state index in [2.05, 4.69) is 4.90 Å². The molecule has 100 valence electrons. The zero-order chi connectivity index (χ0) is 13.3. The second-order valence-corrected chi connectivity index (χ2v) is 4.92. The lowest BCUT2D eigenvalue weighted by Gasteiger charge is -2.17. The predicted molar refractivity (Wildman–Crippen MR) is 64.1 cm³/mol. The van der Waals surface area contributed by atoms with Gasteiger partial charge in [-0.05, 0) is 36.6 Å². The van der Waals surface area contributed by atoms with E-state index < -0.39 is 11.7 Å². The molecular formula is C13H17F3N2. The van der Waals surface area contributed by atoms with Crippen molar-refractivity contribution in [2.75, 3.05) is 13.1 Å².